The van der Waals surface area contributed by atoms with Crippen LogP contribution in [0, 0.1) is 0 Å². The third kappa shape index (κ3) is 2.98. The van der Waals surface area contributed by atoms with E-state index in [-0.39, 0.29) is 5.91 Å². The highest BCUT2D eigenvalue weighted by Gasteiger charge is 2.09. The molecule has 3 N–H and O–H groups in total. The SMILES string of the molecule is CSc1ccc(NC(=O)c2csc(N)n2)cc1. The predicted molar refractivity (Wildman–Crippen MR) is 72.7 cm³/mol. The number of nitrogens with two attached hydrogens (primary N) is 1. The molecular formula is C11H11N3OS2. The molecule has 0 bridgehead atoms. The number of nitrogen functional groups attached to an aromatic ring is 1. The topological polar surface area (TPSA) is 68.0 Å². The molecule has 0 aliphatic heterocycles. The van der Waals surface area contributed by atoms with Gasteiger partial charge in [-0.1, -0.05) is 0 Å². The maximum absolute atomic E-state index is 11.8. The number of carbonyl (C=O) groups is 1. The van der Waals surface area contributed by atoms with Crippen molar-refractivity contribution in [1.29, 1.82) is 0 Å². The minimum atomic E-state index is -0.241. The molecule has 88 valence electrons. The fourth-order valence-electron chi connectivity index (χ4n) is 1.26. The van der Waals surface area contributed by atoms with E-state index in [9.17, 15) is 4.79 Å². The van der Waals surface area contributed by atoms with Gasteiger partial charge in [0, 0.05) is 16.0 Å². The van der Waals surface area contributed by atoms with E-state index in [0.717, 1.165) is 10.6 Å². The molecule has 1 amide bonds. The largest absolute Gasteiger partial charge is 0.375 e. The molecule has 6 heteroatoms. The van der Waals surface area contributed by atoms with Gasteiger partial charge >= 0.3 is 0 Å². The van der Waals surface area contributed by atoms with Gasteiger partial charge in [-0.2, -0.15) is 0 Å². The third-order valence-electron chi connectivity index (χ3n) is 2.10. The van der Waals surface area contributed by atoms with E-state index in [1.165, 1.54) is 11.3 Å². The van der Waals surface area contributed by atoms with Crippen molar-refractivity contribution in [1.82, 2.24) is 4.98 Å². The minimum absolute atomic E-state index is 0.241. The average molecular weight is 265 g/mol. The van der Waals surface area contributed by atoms with Crippen LogP contribution in [-0.2, 0) is 0 Å². The first-order chi connectivity index (χ1) is 8.19. The van der Waals surface area contributed by atoms with Gasteiger partial charge in [0.05, 0.1) is 0 Å². The Bertz CT molecular complexity index is 522. The van der Waals surface area contributed by atoms with E-state index in [2.05, 4.69) is 10.3 Å². The first-order valence-corrected chi connectivity index (χ1v) is 6.96. The smallest absolute Gasteiger partial charge is 0.275 e. The highest BCUT2D eigenvalue weighted by Crippen LogP contribution is 2.18. The summed E-state index contributed by atoms with van der Waals surface area (Å²) in [5.41, 5.74) is 6.57. The summed E-state index contributed by atoms with van der Waals surface area (Å²) in [4.78, 5) is 16.8. The van der Waals surface area contributed by atoms with Gasteiger partial charge in [0.1, 0.15) is 5.69 Å². The summed E-state index contributed by atoms with van der Waals surface area (Å²) in [6.07, 6.45) is 2.01. The maximum atomic E-state index is 11.8. The van der Waals surface area contributed by atoms with Gasteiger partial charge in [-0.15, -0.1) is 23.1 Å². The zero-order valence-corrected chi connectivity index (χ0v) is 10.8. The molecule has 2 aromatic rings. The number of amides is 1. The lowest BCUT2D eigenvalue weighted by atomic mass is 10.3. The quantitative estimate of drug-likeness (QED) is 0.837. The molecule has 1 aromatic heterocycles. The summed E-state index contributed by atoms with van der Waals surface area (Å²) < 4.78 is 0. The summed E-state index contributed by atoms with van der Waals surface area (Å²) in [6, 6.07) is 7.63. The molecular weight excluding hydrogens is 254 g/mol. The molecule has 1 aromatic carbocycles. The van der Waals surface area contributed by atoms with Crippen molar-refractivity contribution >= 4 is 39.8 Å². The summed E-state index contributed by atoms with van der Waals surface area (Å²) in [5, 5.41) is 4.80. The molecule has 0 atom stereocenters. The van der Waals surface area contributed by atoms with Crippen LogP contribution in [0.5, 0.6) is 0 Å². The fraction of sp³-hybridized carbons (Fsp3) is 0.0909. The Balaban J connectivity index is 2.07. The zero-order valence-electron chi connectivity index (χ0n) is 9.14. The number of rotatable bonds is 3. The Kier molecular flexibility index (Phi) is 3.65. The monoisotopic (exact) mass is 265 g/mol. The van der Waals surface area contributed by atoms with Crippen LogP contribution < -0.4 is 11.1 Å². The second kappa shape index (κ2) is 5.20. The van der Waals surface area contributed by atoms with Gasteiger partial charge in [0.25, 0.3) is 5.91 Å². The van der Waals surface area contributed by atoms with Crippen molar-refractivity contribution in [2.75, 3.05) is 17.3 Å². The van der Waals surface area contributed by atoms with Crippen LogP contribution in [0.3, 0.4) is 0 Å². The van der Waals surface area contributed by atoms with Crippen molar-refractivity contribution < 1.29 is 4.79 Å². The van der Waals surface area contributed by atoms with Crippen LogP contribution in [-0.4, -0.2) is 17.1 Å². The van der Waals surface area contributed by atoms with Crippen molar-refractivity contribution in [3.8, 4) is 0 Å². The van der Waals surface area contributed by atoms with Gasteiger partial charge in [0.2, 0.25) is 0 Å². The lowest BCUT2D eigenvalue weighted by Crippen LogP contribution is -2.12. The molecule has 1 heterocycles. The number of thioether (sulfide) groups is 1. The van der Waals surface area contributed by atoms with Crippen molar-refractivity contribution in [2.24, 2.45) is 0 Å². The number of carbonyl (C=O) groups excluding carboxylic acids is 1. The van der Waals surface area contributed by atoms with Gasteiger partial charge in [-0.3, -0.25) is 4.79 Å². The van der Waals surface area contributed by atoms with E-state index in [1.807, 2.05) is 30.5 Å². The van der Waals surface area contributed by atoms with E-state index in [1.54, 1.807) is 17.1 Å². The van der Waals surface area contributed by atoms with Crippen LogP contribution in [0.15, 0.2) is 34.5 Å². The first kappa shape index (κ1) is 11.9. The number of hydrogen-bond donors (Lipinski definition) is 2. The van der Waals surface area contributed by atoms with Crippen LogP contribution in [0.25, 0.3) is 0 Å². The molecule has 0 unspecified atom stereocenters. The van der Waals surface area contributed by atoms with Crippen LogP contribution >= 0.6 is 23.1 Å². The number of thiazole rings is 1. The Morgan fingerprint density at radius 1 is 1.41 bits per heavy atom. The number of nitrogens with one attached hydrogen (secondary N) is 1. The molecule has 0 spiro atoms. The molecule has 0 aliphatic rings. The standard InChI is InChI=1S/C11H11N3OS2/c1-16-8-4-2-7(3-5-8)13-10(15)9-6-17-11(12)14-9/h2-6H,1H3,(H2,12,14)(H,13,15). The van der Waals surface area contributed by atoms with E-state index >= 15 is 0 Å². The molecule has 0 radical (unpaired) electrons. The highest BCUT2D eigenvalue weighted by atomic mass is 32.2. The highest BCUT2D eigenvalue weighted by molar-refractivity contribution is 7.98. The third-order valence-corrected chi connectivity index (χ3v) is 3.52. The number of benzene rings is 1. The lowest BCUT2D eigenvalue weighted by molar-refractivity contribution is 0.102. The normalized spacial score (nSPS) is 10.2. The molecule has 0 aliphatic carbocycles. The van der Waals surface area contributed by atoms with Crippen molar-refractivity contribution in [3.63, 3.8) is 0 Å². The number of hydrogen-bond acceptors (Lipinski definition) is 5. The Hall–Kier alpha value is -1.53. The van der Waals surface area contributed by atoms with Crippen molar-refractivity contribution in [3.05, 3.63) is 35.3 Å². The second-order valence-corrected chi connectivity index (χ2v) is 5.02. The maximum Gasteiger partial charge on any atom is 0.275 e. The lowest BCUT2D eigenvalue weighted by Gasteiger charge is -2.03. The Morgan fingerprint density at radius 2 is 2.12 bits per heavy atom. The molecule has 4 nitrogen and oxygen atoms in total. The summed E-state index contributed by atoms with van der Waals surface area (Å²) >= 11 is 2.91. The van der Waals surface area contributed by atoms with Gasteiger partial charge in [-0.25, -0.2) is 4.98 Å². The van der Waals surface area contributed by atoms with Crippen LogP contribution in [0.2, 0.25) is 0 Å². The first-order valence-electron chi connectivity index (χ1n) is 4.85. The fourth-order valence-corrected chi connectivity index (χ4v) is 2.21. The van der Waals surface area contributed by atoms with E-state index in [0.29, 0.717) is 10.8 Å². The molecule has 0 fully saturated rings. The zero-order chi connectivity index (χ0) is 12.3. The molecule has 0 saturated heterocycles. The summed E-state index contributed by atoms with van der Waals surface area (Å²) in [6.45, 7) is 0. The van der Waals surface area contributed by atoms with E-state index in [4.69, 9.17) is 5.73 Å². The van der Waals surface area contributed by atoms with Crippen LogP contribution in [0.4, 0.5) is 10.8 Å². The molecule has 17 heavy (non-hydrogen) atoms. The summed E-state index contributed by atoms with van der Waals surface area (Å²) in [7, 11) is 0. The molecule has 2 rings (SSSR count). The number of anilines is 2. The average Bonchev–Trinajstić information content (AvgIpc) is 2.77. The Labute approximate surface area is 107 Å². The number of aromatic nitrogens is 1. The Morgan fingerprint density at radius 3 is 2.65 bits per heavy atom. The van der Waals surface area contributed by atoms with Gasteiger partial charge < -0.3 is 11.1 Å². The van der Waals surface area contributed by atoms with Crippen molar-refractivity contribution in [2.45, 2.75) is 4.90 Å². The van der Waals surface area contributed by atoms with E-state index < -0.39 is 0 Å². The minimum Gasteiger partial charge on any atom is -0.375 e. The second-order valence-electron chi connectivity index (χ2n) is 3.25. The summed E-state index contributed by atoms with van der Waals surface area (Å²) in [5.74, 6) is -0.241. The number of nitrogens with zero attached hydrogens (tertiary/aromatic N) is 1. The van der Waals surface area contributed by atoms with Crippen LogP contribution in [0.1, 0.15) is 10.5 Å². The van der Waals surface area contributed by atoms with Gasteiger partial charge in [-0.05, 0) is 30.5 Å². The predicted octanol–water partition coefficient (Wildman–Crippen LogP) is 2.70. The molecule has 0 saturated carbocycles. The van der Waals surface area contributed by atoms with Gasteiger partial charge in [0.15, 0.2) is 5.13 Å².